The van der Waals surface area contributed by atoms with E-state index in [0.29, 0.717) is 82.6 Å². The molecule has 7 amide bonds. The molecule has 2 heterocycles. The van der Waals surface area contributed by atoms with Gasteiger partial charge in [-0.3, -0.25) is 58.8 Å². The Kier molecular flexibility index (Phi) is 33.7. The molecule has 482 valence electrons. The first-order valence-electron chi connectivity index (χ1n) is 29.9. The zero-order chi connectivity index (χ0) is 63.6. The molecule has 1 saturated heterocycles. The fraction of sp³-hybridized carbons (Fsp3) is 0.533. The Labute approximate surface area is 532 Å². The number of benzene rings is 3. The van der Waals surface area contributed by atoms with Crippen LogP contribution in [-0.4, -0.2) is 233 Å². The zero-order valence-electron chi connectivity index (χ0n) is 50.7. The minimum absolute atomic E-state index is 0. The largest absolute Gasteiger partial charge is 3.00 e. The van der Waals surface area contributed by atoms with Crippen LogP contribution >= 0.6 is 0 Å². The molecule has 5 rings (SSSR count). The summed E-state index contributed by atoms with van der Waals surface area (Å²) in [7, 11) is 0. The van der Waals surface area contributed by atoms with Crippen molar-refractivity contribution in [2.75, 3.05) is 118 Å². The summed E-state index contributed by atoms with van der Waals surface area (Å²) < 4.78 is 6.03. The van der Waals surface area contributed by atoms with Crippen molar-refractivity contribution in [3.63, 3.8) is 0 Å². The number of phenolic OH excluding ortho intramolecular Hbond substituents is 1. The van der Waals surface area contributed by atoms with Crippen LogP contribution in [0, 0.1) is 0 Å². The number of rotatable bonds is 34. The van der Waals surface area contributed by atoms with Gasteiger partial charge in [0.2, 0.25) is 29.5 Å². The Hall–Kier alpha value is -7.80. The molecule has 3 aromatic rings. The van der Waals surface area contributed by atoms with Crippen LogP contribution in [0.2, 0.25) is 0 Å². The van der Waals surface area contributed by atoms with Crippen molar-refractivity contribution in [1.29, 1.82) is 0 Å². The molecule has 3 aromatic carbocycles. The van der Waals surface area contributed by atoms with Gasteiger partial charge in [0.15, 0.2) is 5.96 Å². The monoisotopic (exact) mass is 1290 g/mol. The number of aliphatic carboxylic acids is 3. The maximum atomic E-state index is 14.6. The molecular weight excluding hydrogens is 1210 g/mol. The van der Waals surface area contributed by atoms with E-state index in [1.807, 2.05) is 41.3 Å². The molecule has 28 nitrogen and oxygen atoms in total. The molecule has 2 aliphatic heterocycles. The van der Waals surface area contributed by atoms with Crippen molar-refractivity contribution in [3.8, 4) is 11.5 Å². The number of urea groups is 1. The van der Waals surface area contributed by atoms with Gasteiger partial charge < -0.3 is 77.2 Å². The predicted molar refractivity (Wildman–Crippen MR) is 323 cm³/mol. The Bertz CT molecular complexity index is 2720. The van der Waals surface area contributed by atoms with Crippen LogP contribution < -0.4 is 63.0 Å². The number of hydrogen-bond donors (Lipinski definition) is 9. The first-order valence-corrected chi connectivity index (χ1v) is 29.9. The number of unbranched alkanes of at least 4 members (excludes halogenated alkanes) is 2. The summed E-state index contributed by atoms with van der Waals surface area (Å²) in [5.41, 5.74) is 9.51. The number of guanidine groups is 1. The maximum absolute atomic E-state index is 14.6. The SMILES string of the molecule is CCC(=O)NCCNC(=O)NC(N)=NCCC[C@@H](NC(=O)[C@H](c1ccc(OCCCNC(=O)CCCCCNC(=O)CN2CCN(CC(=O)[O-])CCN(CC(=O)[O-])CCN(CC(=O)[O-])CC2)cc1)N1Cc2ccccc2C1)C(=O)NCc1ccc(O)cc1.[Ga+3]. The fourth-order valence-corrected chi connectivity index (χ4v) is 9.87. The van der Waals surface area contributed by atoms with Gasteiger partial charge in [0.1, 0.15) is 23.6 Å². The van der Waals surface area contributed by atoms with E-state index in [1.165, 1.54) is 12.1 Å². The van der Waals surface area contributed by atoms with E-state index in [-0.39, 0.29) is 147 Å². The smallest absolute Gasteiger partial charge is 0.549 e. The van der Waals surface area contributed by atoms with Crippen molar-refractivity contribution >= 4 is 79.2 Å². The van der Waals surface area contributed by atoms with Crippen LogP contribution in [0.5, 0.6) is 11.5 Å². The number of aliphatic imine (C=N–C) groups is 1. The molecule has 0 radical (unpaired) electrons. The molecule has 29 heteroatoms. The number of fused-ring (bicyclic) bond motifs is 1. The van der Waals surface area contributed by atoms with Gasteiger partial charge in [-0.2, -0.15) is 0 Å². The minimum Gasteiger partial charge on any atom is -0.549 e. The molecular formula is C60H85GaN14O14. The Morgan fingerprint density at radius 3 is 1.69 bits per heavy atom. The minimum atomic E-state index is -1.31. The summed E-state index contributed by atoms with van der Waals surface area (Å²) in [5, 5.41) is 63.5. The average Bonchev–Trinajstić information content (AvgIpc) is 2.09. The summed E-state index contributed by atoms with van der Waals surface area (Å²) >= 11 is 0. The number of hydrogen-bond acceptors (Lipinski definition) is 20. The van der Waals surface area contributed by atoms with E-state index in [0.717, 1.165) is 16.7 Å². The van der Waals surface area contributed by atoms with Crippen molar-refractivity contribution in [3.05, 3.63) is 95.1 Å². The number of carboxylic acids is 3. The number of nitrogens with one attached hydrogen (secondary N) is 7. The Morgan fingerprint density at radius 1 is 0.596 bits per heavy atom. The van der Waals surface area contributed by atoms with Gasteiger partial charge in [-0.15, -0.1) is 0 Å². The first kappa shape index (κ1) is 73.7. The number of aromatic hydroxyl groups is 1. The molecule has 2 atom stereocenters. The van der Waals surface area contributed by atoms with E-state index in [1.54, 1.807) is 50.8 Å². The number of carbonyl (C=O) groups excluding carboxylic acids is 9. The molecule has 0 aromatic heterocycles. The third-order valence-electron chi connectivity index (χ3n) is 14.6. The number of carboxylic acid groups (broad SMARTS) is 3. The van der Waals surface area contributed by atoms with Gasteiger partial charge in [0, 0.05) is 137 Å². The Balaban J connectivity index is 0.0000169. The quantitative estimate of drug-likeness (QED) is 0.0119. The predicted octanol–water partition coefficient (Wildman–Crippen LogP) is -4.18. The summed E-state index contributed by atoms with van der Waals surface area (Å²) in [4.78, 5) is 125. The van der Waals surface area contributed by atoms with Crippen LogP contribution in [0.4, 0.5) is 4.79 Å². The molecule has 1 fully saturated rings. The summed E-state index contributed by atoms with van der Waals surface area (Å²) in [6, 6.07) is 19.0. The average molecular weight is 1300 g/mol. The molecule has 0 saturated carbocycles. The second-order valence-corrected chi connectivity index (χ2v) is 21.5. The standard InChI is InChI=1S/C60H88N14O14.Ga/c1-2-50(76)64-25-26-66-60(87)69-59(61)65-23-8-12-49(57(85)67-36-43-14-18-47(75)19-15-43)68-58(86)56(74-37-45-10-5-6-11-46(45)38-74)44-16-20-48(21-17-44)88-35-9-24-62-51(77)13-4-3-7-22-63-52(78)39-70-27-29-71(40-53(79)80)31-33-73(42-55(83)84)34-32-72(30-28-70)41-54(81)82;/h5-6,10-11,14-21,49,56,75H,2-4,7-9,12-13,22-42H2,1H3,(H,62,77)(H,63,78)(H,64,76)(H,67,85)(H,68,86)(H,79,80)(H,81,82)(H,83,84)(H4,61,65,66,69,87);/q;+3/p-3/t49-,56+;/m1./s1. The second-order valence-electron chi connectivity index (χ2n) is 21.5. The Morgan fingerprint density at radius 2 is 1.12 bits per heavy atom. The van der Waals surface area contributed by atoms with Gasteiger partial charge in [0.05, 0.1) is 31.1 Å². The van der Waals surface area contributed by atoms with Crippen molar-refractivity contribution < 1.29 is 68.3 Å². The van der Waals surface area contributed by atoms with Gasteiger partial charge in [-0.05, 0) is 78.6 Å². The van der Waals surface area contributed by atoms with E-state index in [2.05, 4.69) is 42.2 Å². The van der Waals surface area contributed by atoms with Crippen molar-refractivity contribution in [2.45, 2.75) is 90.0 Å². The van der Waals surface area contributed by atoms with Crippen molar-refractivity contribution in [1.82, 2.24) is 61.7 Å². The van der Waals surface area contributed by atoms with E-state index >= 15 is 0 Å². The van der Waals surface area contributed by atoms with E-state index in [9.17, 15) is 63.6 Å². The molecule has 0 aliphatic carbocycles. The van der Waals surface area contributed by atoms with Gasteiger partial charge in [-0.1, -0.05) is 61.9 Å². The fourth-order valence-electron chi connectivity index (χ4n) is 9.87. The van der Waals surface area contributed by atoms with Gasteiger partial charge >= 0.3 is 25.8 Å². The summed E-state index contributed by atoms with van der Waals surface area (Å²) in [6.07, 6.45) is 3.47. The van der Waals surface area contributed by atoms with Crippen molar-refractivity contribution in [2.24, 2.45) is 10.7 Å². The van der Waals surface area contributed by atoms with Crippen LogP contribution in [0.1, 0.15) is 86.6 Å². The zero-order valence-corrected chi connectivity index (χ0v) is 53.1. The number of amides is 7. The van der Waals surface area contributed by atoms with Crippen LogP contribution in [-0.2, 0) is 58.0 Å². The summed E-state index contributed by atoms with van der Waals surface area (Å²) in [6.45, 7) is 4.96. The van der Waals surface area contributed by atoms with Crippen LogP contribution in [0.25, 0.3) is 0 Å². The first-order chi connectivity index (χ1) is 42.3. The molecule has 10 N–H and O–H groups in total. The molecule has 0 spiro atoms. The second kappa shape index (κ2) is 40.7. The molecule has 0 unspecified atom stereocenters. The maximum Gasteiger partial charge on any atom is 3.00 e. The molecule has 0 bridgehead atoms. The third kappa shape index (κ3) is 29.4. The van der Waals surface area contributed by atoms with E-state index in [4.69, 9.17) is 10.5 Å². The van der Waals surface area contributed by atoms with E-state index < -0.39 is 67.5 Å². The van der Waals surface area contributed by atoms with Gasteiger partial charge in [-0.25, -0.2) is 4.79 Å². The number of nitrogens with zero attached hydrogens (tertiary/aromatic N) is 6. The third-order valence-corrected chi connectivity index (χ3v) is 14.6. The van der Waals surface area contributed by atoms with Crippen LogP contribution in [0.3, 0.4) is 0 Å². The normalized spacial score (nSPS) is 15.3. The van der Waals surface area contributed by atoms with Gasteiger partial charge in [0.25, 0.3) is 0 Å². The number of phenols is 1. The van der Waals surface area contributed by atoms with Crippen LogP contribution in [0.15, 0.2) is 77.8 Å². The topological polar surface area (TPSA) is 391 Å². The summed E-state index contributed by atoms with van der Waals surface area (Å²) in [5.74, 6) is -4.83. The molecule has 89 heavy (non-hydrogen) atoms. The number of ether oxygens (including phenoxy) is 1. The molecule has 2 aliphatic rings. The number of nitrogens with two attached hydrogens (primary N) is 1. The number of carbonyl (C=O) groups is 9.